The van der Waals surface area contributed by atoms with Gasteiger partial charge in [0.15, 0.2) is 11.7 Å². The fourth-order valence-electron chi connectivity index (χ4n) is 3.08. The molecule has 0 saturated carbocycles. The van der Waals surface area contributed by atoms with Gasteiger partial charge in [-0.05, 0) is 67.2 Å². The molecule has 1 aliphatic rings. The first-order valence-corrected chi connectivity index (χ1v) is 9.49. The summed E-state index contributed by atoms with van der Waals surface area (Å²) < 4.78 is 5.57. The molecule has 0 bridgehead atoms. The lowest BCUT2D eigenvalue weighted by Crippen LogP contribution is -2.41. The van der Waals surface area contributed by atoms with E-state index in [1.54, 1.807) is 0 Å². The summed E-state index contributed by atoms with van der Waals surface area (Å²) >= 11 is 5.17. The van der Waals surface area contributed by atoms with Gasteiger partial charge >= 0.3 is 0 Å². The van der Waals surface area contributed by atoms with Crippen LogP contribution >= 0.6 is 12.2 Å². The fraction of sp³-hybridized carbons (Fsp3) is 0.333. The molecule has 2 N–H and O–H groups in total. The van der Waals surface area contributed by atoms with Gasteiger partial charge in [-0.25, -0.2) is 0 Å². The Hall–Kier alpha value is -2.40. The highest BCUT2D eigenvalue weighted by molar-refractivity contribution is 7.80. The lowest BCUT2D eigenvalue weighted by Gasteiger charge is -2.14. The van der Waals surface area contributed by atoms with Crippen LogP contribution in [-0.2, 0) is 4.79 Å². The van der Waals surface area contributed by atoms with Crippen molar-refractivity contribution >= 4 is 34.0 Å². The van der Waals surface area contributed by atoms with Gasteiger partial charge in [0.2, 0.25) is 0 Å². The maximum Gasteiger partial charge on any atom is 0.264 e. The largest absolute Gasteiger partial charge is 0.484 e. The van der Waals surface area contributed by atoms with Crippen molar-refractivity contribution in [2.45, 2.75) is 32.1 Å². The summed E-state index contributed by atoms with van der Waals surface area (Å²) in [6.07, 6.45) is 8.23. The van der Waals surface area contributed by atoms with E-state index in [0.29, 0.717) is 10.9 Å². The van der Waals surface area contributed by atoms with Crippen molar-refractivity contribution in [1.82, 2.24) is 10.6 Å². The van der Waals surface area contributed by atoms with Crippen LogP contribution in [0, 0.1) is 0 Å². The van der Waals surface area contributed by atoms with Gasteiger partial charge in [0.05, 0.1) is 0 Å². The van der Waals surface area contributed by atoms with Crippen molar-refractivity contribution < 1.29 is 9.53 Å². The highest BCUT2D eigenvalue weighted by Gasteiger charge is 2.07. The number of allylic oxidation sites excluding steroid dienone is 1. The summed E-state index contributed by atoms with van der Waals surface area (Å²) in [5.41, 5.74) is 1.48. The molecule has 26 heavy (non-hydrogen) atoms. The van der Waals surface area contributed by atoms with Gasteiger partial charge in [-0.1, -0.05) is 42.0 Å². The molecule has 0 saturated heterocycles. The zero-order valence-electron chi connectivity index (χ0n) is 14.8. The van der Waals surface area contributed by atoms with Crippen molar-refractivity contribution in [3.05, 3.63) is 54.1 Å². The zero-order valence-corrected chi connectivity index (χ0v) is 15.6. The Labute approximate surface area is 159 Å². The molecule has 0 aliphatic heterocycles. The summed E-state index contributed by atoms with van der Waals surface area (Å²) in [6.45, 7) is 0.682. The Kier molecular flexibility index (Phi) is 6.61. The minimum absolute atomic E-state index is 0.0642. The number of carbonyl (C=O) groups is 1. The molecular formula is C21H24N2O2S. The molecule has 5 heteroatoms. The number of hydrogen-bond acceptors (Lipinski definition) is 3. The molecule has 0 fully saturated rings. The fourth-order valence-corrected chi connectivity index (χ4v) is 3.30. The van der Waals surface area contributed by atoms with Crippen LogP contribution in [0.15, 0.2) is 54.1 Å². The Morgan fingerprint density at radius 3 is 2.77 bits per heavy atom. The third-order valence-corrected chi connectivity index (χ3v) is 4.71. The summed E-state index contributed by atoms with van der Waals surface area (Å²) in [5, 5.41) is 8.33. The topological polar surface area (TPSA) is 50.4 Å². The van der Waals surface area contributed by atoms with Crippen LogP contribution in [-0.4, -0.2) is 24.2 Å². The van der Waals surface area contributed by atoms with E-state index in [4.69, 9.17) is 17.0 Å². The lowest BCUT2D eigenvalue weighted by atomic mass is 9.97. The monoisotopic (exact) mass is 368 g/mol. The average molecular weight is 369 g/mol. The van der Waals surface area contributed by atoms with Crippen molar-refractivity contribution in [2.75, 3.05) is 13.2 Å². The normalized spacial score (nSPS) is 13.8. The molecule has 4 nitrogen and oxygen atoms in total. The standard InChI is InChI=1S/C21H24N2O2S/c24-20(23-21(26)22-13-12-16-6-2-1-3-7-16)15-25-19-11-10-17-8-4-5-9-18(17)14-19/h4-6,8-11,14H,1-3,7,12-13,15H2,(H2,22,23,24,26). The molecule has 0 heterocycles. The number of ether oxygens (including phenoxy) is 1. The van der Waals surface area contributed by atoms with Crippen LogP contribution in [0.2, 0.25) is 0 Å². The number of benzene rings is 2. The second-order valence-electron chi connectivity index (χ2n) is 6.46. The number of fused-ring (bicyclic) bond motifs is 1. The number of nitrogens with one attached hydrogen (secondary N) is 2. The van der Waals surface area contributed by atoms with Crippen LogP contribution in [0.5, 0.6) is 5.75 Å². The average Bonchev–Trinajstić information content (AvgIpc) is 2.67. The number of thiocarbonyl (C=S) groups is 1. The Morgan fingerprint density at radius 2 is 1.96 bits per heavy atom. The summed E-state index contributed by atoms with van der Waals surface area (Å²) in [7, 11) is 0. The number of rotatable bonds is 6. The predicted molar refractivity (Wildman–Crippen MR) is 109 cm³/mol. The highest BCUT2D eigenvalue weighted by Crippen LogP contribution is 2.20. The molecule has 2 aromatic carbocycles. The molecule has 136 valence electrons. The first-order chi connectivity index (χ1) is 12.7. The van der Waals surface area contributed by atoms with E-state index in [2.05, 4.69) is 16.7 Å². The minimum atomic E-state index is -0.257. The first-order valence-electron chi connectivity index (χ1n) is 9.08. The van der Waals surface area contributed by atoms with E-state index >= 15 is 0 Å². The van der Waals surface area contributed by atoms with Gasteiger partial charge in [0.25, 0.3) is 5.91 Å². The van der Waals surface area contributed by atoms with Crippen LogP contribution in [0.3, 0.4) is 0 Å². The minimum Gasteiger partial charge on any atom is -0.484 e. The van der Waals surface area contributed by atoms with Gasteiger partial charge in [-0.2, -0.15) is 0 Å². The molecule has 1 amide bonds. The van der Waals surface area contributed by atoms with Crippen LogP contribution in [0.25, 0.3) is 10.8 Å². The molecule has 0 spiro atoms. The number of hydrogen-bond donors (Lipinski definition) is 2. The predicted octanol–water partition coefficient (Wildman–Crippen LogP) is 4.10. The second-order valence-corrected chi connectivity index (χ2v) is 6.87. The molecule has 0 unspecified atom stereocenters. The van der Waals surface area contributed by atoms with E-state index in [9.17, 15) is 4.79 Å². The van der Waals surface area contributed by atoms with Gasteiger partial charge in [-0.3, -0.25) is 4.79 Å². The van der Waals surface area contributed by atoms with Gasteiger partial charge < -0.3 is 15.4 Å². The van der Waals surface area contributed by atoms with Crippen LogP contribution in [0.4, 0.5) is 0 Å². The van der Waals surface area contributed by atoms with E-state index in [-0.39, 0.29) is 12.5 Å². The third kappa shape index (κ3) is 5.56. The lowest BCUT2D eigenvalue weighted by molar-refractivity contribution is -0.121. The van der Waals surface area contributed by atoms with E-state index in [0.717, 1.165) is 23.7 Å². The Bertz CT molecular complexity index is 817. The van der Waals surface area contributed by atoms with Crippen molar-refractivity contribution in [2.24, 2.45) is 0 Å². The zero-order chi connectivity index (χ0) is 18.2. The number of carbonyl (C=O) groups excluding carboxylic acids is 1. The molecule has 0 atom stereocenters. The molecule has 2 aromatic rings. The van der Waals surface area contributed by atoms with Crippen molar-refractivity contribution in [1.29, 1.82) is 0 Å². The number of amides is 1. The van der Waals surface area contributed by atoms with Gasteiger partial charge in [-0.15, -0.1) is 0 Å². The maximum atomic E-state index is 12.0. The molecule has 0 aromatic heterocycles. The maximum absolute atomic E-state index is 12.0. The van der Waals surface area contributed by atoms with E-state index in [1.807, 2.05) is 42.5 Å². The Morgan fingerprint density at radius 1 is 1.12 bits per heavy atom. The summed E-state index contributed by atoms with van der Waals surface area (Å²) in [6, 6.07) is 13.8. The van der Waals surface area contributed by atoms with Crippen LogP contribution < -0.4 is 15.4 Å². The second kappa shape index (κ2) is 9.34. The van der Waals surface area contributed by atoms with Crippen molar-refractivity contribution in [3.63, 3.8) is 0 Å². The van der Waals surface area contributed by atoms with Gasteiger partial charge in [0, 0.05) is 6.54 Å². The molecular weight excluding hydrogens is 344 g/mol. The van der Waals surface area contributed by atoms with Gasteiger partial charge in [0.1, 0.15) is 5.75 Å². The molecule has 1 aliphatic carbocycles. The van der Waals surface area contributed by atoms with E-state index < -0.39 is 0 Å². The molecule has 3 rings (SSSR count). The van der Waals surface area contributed by atoms with Crippen LogP contribution in [0.1, 0.15) is 32.1 Å². The molecule has 0 radical (unpaired) electrons. The summed E-state index contributed by atoms with van der Waals surface area (Å²) in [5.74, 6) is 0.412. The smallest absolute Gasteiger partial charge is 0.264 e. The van der Waals surface area contributed by atoms with E-state index in [1.165, 1.54) is 31.3 Å². The highest BCUT2D eigenvalue weighted by atomic mass is 32.1. The summed E-state index contributed by atoms with van der Waals surface area (Å²) in [4.78, 5) is 12.0. The Balaban J connectivity index is 1.38. The first kappa shape index (κ1) is 18.4. The third-order valence-electron chi connectivity index (χ3n) is 4.46. The van der Waals surface area contributed by atoms with Crippen molar-refractivity contribution in [3.8, 4) is 5.75 Å². The SMILES string of the molecule is O=C(COc1ccc2ccccc2c1)NC(=S)NCCC1=CCCCC1. The quantitative estimate of drug-likeness (QED) is 0.595.